The summed E-state index contributed by atoms with van der Waals surface area (Å²) in [5.41, 5.74) is 3.30. The fourth-order valence-corrected chi connectivity index (χ4v) is 2.96. The molecule has 0 bridgehead atoms. The minimum atomic E-state index is 0.766. The van der Waals surface area contributed by atoms with Crippen molar-refractivity contribution in [3.05, 3.63) is 34.8 Å². The minimum absolute atomic E-state index is 0.766. The third-order valence-corrected chi connectivity index (χ3v) is 3.73. The van der Waals surface area contributed by atoms with Crippen LogP contribution in [0.3, 0.4) is 0 Å². The van der Waals surface area contributed by atoms with Crippen LogP contribution in [0.15, 0.2) is 22.2 Å². The molecular weight excluding hydrogens is 256 g/mol. The van der Waals surface area contributed by atoms with Crippen LogP contribution in [0.4, 0.5) is 5.82 Å². The van der Waals surface area contributed by atoms with Gasteiger partial charge in [0.2, 0.25) is 0 Å². The van der Waals surface area contributed by atoms with Gasteiger partial charge in [0.15, 0.2) is 0 Å². The van der Waals surface area contributed by atoms with Crippen LogP contribution >= 0.6 is 11.8 Å². The summed E-state index contributed by atoms with van der Waals surface area (Å²) in [7, 11) is 1.87. The predicted molar refractivity (Wildman–Crippen MR) is 78.9 cm³/mol. The Morgan fingerprint density at radius 1 is 1.00 bits per heavy atom. The zero-order valence-corrected chi connectivity index (χ0v) is 12.7. The van der Waals surface area contributed by atoms with E-state index in [1.165, 1.54) is 5.56 Å². The number of nitrogens with zero attached hydrogens (tertiary/aromatic N) is 3. The summed E-state index contributed by atoms with van der Waals surface area (Å²) in [5.74, 6) is 1.64. The lowest BCUT2D eigenvalue weighted by molar-refractivity contribution is 0.935. The van der Waals surface area contributed by atoms with Crippen LogP contribution in [0.25, 0.3) is 0 Å². The predicted octanol–water partition coefficient (Wildman–Crippen LogP) is 3.30. The molecule has 2 aromatic heterocycles. The molecule has 0 aliphatic rings. The Bertz CT molecular complexity index is 590. The number of pyridine rings is 1. The van der Waals surface area contributed by atoms with Crippen LogP contribution in [-0.2, 0) is 0 Å². The molecule has 0 aliphatic heterocycles. The minimum Gasteiger partial charge on any atom is -0.373 e. The van der Waals surface area contributed by atoms with E-state index in [1.54, 1.807) is 11.8 Å². The largest absolute Gasteiger partial charge is 0.373 e. The van der Waals surface area contributed by atoms with Gasteiger partial charge in [0.1, 0.15) is 21.7 Å². The van der Waals surface area contributed by atoms with Crippen LogP contribution in [0.5, 0.6) is 0 Å². The second-order valence-corrected chi connectivity index (χ2v) is 5.53. The second-order valence-electron chi connectivity index (χ2n) is 4.53. The molecule has 100 valence electrons. The molecule has 0 atom stereocenters. The van der Waals surface area contributed by atoms with Crippen LogP contribution in [0.1, 0.15) is 22.6 Å². The van der Waals surface area contributed by atoms with Crippen molar-refractivity contribution < 1.29 is 0 Å². The van der Waals surface area contributed by atoms with Gasteiger partial charge < -0.3 is 5.32 Å². The summed E-state index contributed by atoms with van der Waals surface area (Å²) in [6, 6.07) is 4.15. The maximum absolute atomic E-state index is 4.54. The van der Waals surface area contributed by atoms with Gasteiger partial charge >= 0.3 is 0 Å². The fourth-order valence-electron chi connectivity index (χ4n) is 1.90. The van der Waals surface area contributed by atoms with Gasteiger partial charge in [0, 0.05) is 18.3 Å². The molecule has 4 nitrogen and oxygen atoms in total. The van der Waals surface area contributed by atoms with Gasteiger partial charge in [-0.25, -0.2) is 15.0 Å². The number of anilines is 1. The van der Waals surface area contributed by atoms with E-state index in [4.69, 9.17) is 0 Å². The van der Waals surface area contributed by atoms with Crippen molar-refractivity contribution in [2.24, 2.45) is 0 Å². The Kier molecular flexibility index (Phi) is 4.04. The molecule has 0 unspecified atom stereocenters. The van der Waals surface area contributed by atoms with Crippen molar-refractivity contribution in [1.82, 2.24) is 15.0 Å². The molecule has 0 amide bonds. The summed E-state index contributed by atoms with van der Waals surface area (Å²) in [6.45, 7) is 8.01. The van der Waals surface area contributed by atoms with E-state index in [0.717, 1.165) is 33.0 Å². The van der Waals surface area contributed by atoms with Gasteiger partial charge in [-0.05, 0) is 57.2 Å². The van der Waals surface area contributed by atoms with Gasteiger partial charge in [-0.3, -0.25) is 0 Å². The van der Waals surface area contributed by atoms with Crippen LogP contribution in [0.2, 0.25) is 0 Å². The average molecular weight is 274 g/mol. The zero-order chi connectivity index (χ0) is 14.0. The molecule has 0 radical (unpaired) electrons. The zero-order valence-electron chi connectivity index (χ0n) is 11.9. The fraction of sp³-hybridized carbons (Fsp3) is 0.357. The van der Waals surface area contributed by atoms with E-state index in [9.17, 15) is 0 Å². The molecule has 0 aliphatic carbocycles. The maximum atomic E-state index is 4.54. The molecule has 2 heterocycles. The van der Waals surface area contributed by atoms with Crippen molar-refractivity contribution in [3.63, 3.8) is 0 Å². The van der Waals surface area contributed by atoms with E-state index >= 15 is 0 Å². The lowest BCUT2D eigenvalue weighted by atomic mass is 10.3. The lowest BCUT2D eigenvalue weighted by Gasteiger charge is -2.10. The first-order chi connectivity index (χ1) is 8.99. The average Bonchev–Trinajstić information content (AvgIpc) is 2.32. The van der Waals surface area contributed by atoms with E-state index in [1.807, 2.05) is 27.8 Å². The summed E-state index contributed by atoms with van der Waals surface area (Å²) >= 11 is 1.58. The molecule has 0 fully saturated rings. The smallest absolute Gasteiger partial charge is 0.133 e. The van der Waals surface area contributed by atoms with Crippen LogP contribution < -0.4 is 5.32 Å². The topological polar surface area (TPSA) is 50.7 Å². The standard InChI is InChI=1S/C14H18N4S/c1-8-6-9(2)16-12(7-8)19-14-10(3)13(15-5)17-11(4)18-14/h6-7H,1-5H3,(H,15,17,18). The quantitative estimate of drug-likeness (QED) is 0.870. The first-order valence-electron chi connectivity index (χ1n) is 6.15. The van der Waals surface area contributed by atoms with Crippen LogP contribution in [0, 0.1) is 27.7 Å². The van der Waals surface area contributed by atoms with Gasteiger partial charge in [-0.2, -0.15) is 0 Å². The van der Waals surface area contributed by atoms with E-state index in [0.29, 0.717) is 0 Å². The van der Waals surface area contributed by atoms with Gasteiger partial charge in [0.05, 0.1) is 0 Å². The molecule has 0 saturated carbocycles. The van der Waals surface area contributed by atoms with Crippen LogP contribution in [-0.4, -0.2) is 22.0 Å². The molecule has 2 rings (SSSR count). The van der Waals surface area contributed by atoms with Crippen molar-refractivity contribution in [2.75, 3.05) is 12.4 Å². The molecule has 2 aromatic rings. The maximum Gasteiger partial charge on any atom is 0.133 e. The summed E-state index contributed by atoms with van der Waals surface area (Å²) in [6.07, 6.45) is 0. The monoisotopic (exact) mass is 274 g/mol. The third-order valence-electron chi connectivity index (χ3n) is 2.73. The Labute approximate surface area is 118 Å². The van der Waals surface area contributed by atoms with Crippen molar-refractivity contribution in [1.29, 1.82) is 0 Å². The number of aryl methyl sites for hydroxylation is 3. The first kappa shape index (κ1) is 13.8. The summed E-state index contributed by atoms with van der Waals surface area (Å²) in [4.78, 5) is 13.4. The van der Waals surface area contributed by atoms with Gasteiger partial charge in [0.25, 0.3) is 0 Å². The van der Waals surface area contributed by atoms with Crippen molar-refractivity contribution >= 4 is 17.6 Å². The van der Waals surface area contributed by atoms with E-state index in [-0.39, 0.29) is 0 Å². The highest BCUT2D eigenvalue weighted by Crippen LogP contribution is 2.30. The first-order valence-corrected chi connectivity index (χ1v) is 6.97. The van der Waals surface area contributed by atoms with Crippen molar-refractivity contribution in [2.45, 2.75) is 37.7 Å². The Hall–Kier alpha value is -1.62. The number of aromatic nitrogens is 3. The Morgan fingerprint density at radius 3 is 2.37 bits per heavy atom. The molecule has 1 N–H and O–H groups in total. The third kappa shape index (κ3) is 3.23. The van der Waals surface area contributed by atoms with Gasteiger partial charge in [-0.15, -0.1) is 0 Å². The highest BCUT2D eigenvalue weighted by Gasteiger charge is 2.10. The number of hydrogen-bond donors (Lipinski definition) is 1. The van der Waals surface area contributed by atoms with Crippen molar-refractivity contribution in [3.8, 4) is 0 Å². The summed E-state index contributed by atoms with van der Waals surface area (Å²) in [5, 5.41) is 5.03. The molecular formula is C14H18N4S. The SMILES string of the molecule is CNc1nc(C)nc(Sc2cc(C)cc(C)n2)c1C. The van der Waals surface area contributed by atoms with Gasteiger partial charge in [-0.1, -0.05) is 0 Å². The number of hydrogen-bond acceptors (Lipinski definition) is 5. The Morgan fingerprint density at radius 2 is 1.74 bits per heavy atom. The molecule has 5 heteroatoms. The number of rotatable bonds is 3. The Balaban J connectivity index is 2.40. The lowest BCUT2D eigenvalue weighted by Crippen LogP contribution is -2.02. The second kappa shape index (κ2) is 5.57. The summed E-state index contributed by atoms with van der Waals surface area (Å²) < 4.78 is 0. The van der Waals surface area contributed by atoms with E-state index < -0.39 is 0 Å². The normalized spacial score (nSPS) is 10.6. The van der Waals surface area contributed by atoms with E-state index in [2.05, 4.69) is 39.3 Å². The molecule has 0 spiro atoms. The molecule has 0 saturated heterocycles. The number of nitrogens with one attached hydrogen (secondary N) is 1. The highest BCUT2D eigenvalue weighted by molar-refractivity contribution is 7.99. The molecule has 19 heavy (non-hydrogen) atoms. The highest BCUT2D eigenvalue weighted by atomic mass is 32.2. The molecule has 0 aromatic carbocycles.